The molecule has 1 fully saturated rings. The smallest absolute Gasteiger partial charge is 0.228 e. The van der Waals surface area contributed by atoms with Crippen molar-refractivity contribution in [3.63, 3.8) is 0 Å². The minimum absolute atomic E-state index is 0.187. The average molecular weight is 405 g/mol. The zero-order valence-electron chi connectivity index (χ0n) is 16.1. The van der Waals surface area contributed by atoms with Crippen LogP contribution < -0.4 is 10.6 Å². The normalized spacial score (nSPS) is 17.7. The molecular weight excluding hydrogens is 380 g/mol. The molecule has 1 amide bonds. The molecule has 28 heavy (non-hydrogen) atoms. The Bertz CT molecular complexity index is 837. The van der Waals surface area contributed by atoms with E-state index in [1.165, 1.54) is 0 Å². The maximum absolute atomic E-state index is 11.6. The van der Waals surface area contributed by atoms with E-state index in [1.807, 2.05) is 26.1 Å². The molecule has 2 N–H and O–H groups in total. The number of carbonyl (C=O) groups excluding carboxylic acids is 1. The molecule has 0 saturated carbocycles. The van der Waals surface area contributed by atoms with Gasteiger partial charge in [0.15, 0.2) is 5.96 Å². The molecule has 9 heteroatoms. The zero-order chi connectivity index (χ0) is 19.9. The van der Waals surface area contributed by atoms with Gasteiger partial charge < -0.3 is 20.1 Å². The Kier molecular flexibility index (Phi) is 6.86. The van der Waals surface area contributed by atoms with Gasteiger partial charge in [-0.25, -0.2) is 0 Å². The summed E-state index contributed by atoms with van der Waals surface area (Å²) in [6, 6.07) is 7.53. The van der Waals surface area contributed by atoms with Crippen LogP contribution in [0.2, 0.25) is 5.02 Å². The number of aromatic nitrogens is 2. The van der Waals surface area contributed by atoms with E-state index in [2.05, 4.69) is 25.8 Å². The third-order valence-electron chi connectivity index (χ3n) is 4.46. The number of carbonyl (C=O) groups is 1. The van der Waals surface area contributed by atoms with Gasteiger partial charge in [0.25, 0.3) is 0 Å². The van der Waals surface area contributed by atoms with Crippen molar-refractivity contribution in [1.82, 2.24) is 25.7 Å². The Hall–Kier alpha value is -2.61. The van der Waals surface area contributed by atoms with Crippen LogP contribution in [0.3, 0.4) is 0 Å². The number of piperidine rings is 1. The Morgan fingerprint density at radius 1 is 1.46 bits per heavy atom. The molecule has 3 rings (SSSR count). The molecule has 0 radical (unpaired) electrons. The molecule has 1 aliphatic heterocycles. The number of aliphatic imine (C=N–C) groups is 1. The molecule has 2 heterocycles. The van der Waals surface area contributed by atoms with Gasteiger partial charge in [-0.1, -0.05) is 28.9 Å². The van der Waals surface area contributed by atoms with Crippen molar-refractivity contribution in [3.05, 3.63) is 35.2 Å². The summed E-state index contributed by atoms with van der Waals surface area (Å²) < 4.78 is 5.32. The molecule has 0 spiro atoms. The highest BCUT2D eigenvalue weighted by Crippen LogP contribution is 2.20. The van der Waals surface area contributed by atoms with Gasteiger partial charge in [0.05, 0.1) is 6.54 Å². The molecule has 1 aliphatic rings. The first-order chi connectivity index (χ1) is 13.5. The van der Waals surface area contributed by atoms with E-state index in [0.717, 1.165) is 24.5 Å². The summed E-state index contributed by atoms with van der Waals surface area (Å²) >= 11 is 6.01. The molecule has 1 aromatic heterocycles. The Morgan fingerprint density at radius 3 is 3.07 bits per heavy atom. The fourth-order valence-electron chi connectivity index (χ4n) is 3.01. The number of hydrogen-bond acceptors (Lipinski definition) is 5. The molecule has 1 saturated heterocycles. The Labute approximate surface area is 169 Å². The van der Waals surface area contributed by atoms with Crippen molar-refractivity contribution in [1.29, 1.82) is 0 Å². The highest BCUT2D eigenvalue weighted by molar-refractivity contribution is 6.30. The molecule has 2 aromatic rings. The van der Waals surface area contributed by atoms with Crippen molar-refractivity contribution >= 4 is 23.5 Å². The van der Waals surface area contributed by atoms with Crippen LogP contribution in [0.15, 0.2) is 33.8 Å². The first kappa shape index (κ1) is 20.1. The van der Waals surface area contributed by atoms with Crippen LogP contribution in [0.4, 0.5) is 0 Å². The van der Waals surface area contributed by atoms with Crippen LogP contribution in [0.5, 0.6) is 0 Å². The average Bonchev–Trinajstić information content (AvgIpc) is 3.14. The minimum Gasteiger partial charge on any atom is -0.357 e. The highest BCUT2D eigenvalue weighted by Gasteiger charge is 2.23. The van der Waals surface area contributed by atoms with Crippen LogP contribution in [0.25, 0.3) is 11.4 Å². The quantitative estimate of drug-likeness (QED) is 0.565. The van der Waals surface area contributed by atoms with Gasteiger partial charge in [0.1, 0.15) is 0 Å². The maximum atomic E-state index is 11.6. The second kappa shape index (κ2) is 9.54. The number of guanidine groups is 1. The third kappa shape index (κ3) is 5.45. The van der Waals surface area contributed by atoms with Gasteiger partial charge in [-0.3, -0.25) is 9.79 Å². The number of benzene rings is 1. The molecular formula is C19H25ClN6O2. The summed E-state index contributed by atoms with van der Waals surface area (Å²) in [5.41, 5.74) is 0.817. The van der Waals surface area contributed by atoms with E-state index in [9.17, 15) is 4.79 Å². The second-order valence-corrected chi connectivity index (χ2v) is 7.12. The fourth-order valence-corrected chi connectivity index (χ4v) is 3.20. The lowest BCUT2D eigenvalue weighted by Crippen LogP contribution is -2.51. The van der Waals surface area contributed by atoms with Crippen LogP contribution in [-0.4, -0.2) is 59.6 Å². The maximum Gasteiger partial charge on any atom is 0.228 e. The molecule has 1 atom stereocenters. The largest absolute Gasteiger partial charge is 0.357 e. The summed E-state index contributed by atoms with van der Waals surface area (Å²) in [6.45, 7) is 3.96. The van der Waals surface area contributed by atoms with E-state index < -0.39 is 0 Å². The number of hydrogen-bond donors (Lipinski definition) is 2. The number of nitrogens with one attached hydrogen (secondary N) is 2. The summed E-state index contributed by atoms with van der Waals surface area (Å²) in [5.74, 6) is 1.95. The molecule has 1 unspecified atom stereocenters. The van der Waals surface area contributed by atoms with E-state index in [1.54, 1.807) is 17.0 Å². The van der Waals surface area contributed by atoms with Crippen LogP contribution in [0.1, 0.15) is 25.7 Å². The first-order valence-electron chi connectivity index (χ1n) is 9.42. The van der Waals surface area contributed by atoms with Gasteiger partial charge >= 0.3 is 0 Å². The predicted octanol–water partition coefficient (Wildman–Crippen LogP) is 2.11. The van der Waals surface area contributed by atoms with E-state index in [-0.39, 0.29) is 11.9 Å². The lowest BCUT2D eigenvalue weighted by molar-refractivity contribution is -0.132. The topological polar surface area (TPSA) is 95.6 Å². The zero-order valence-corrected chi connectivity index (χ0v) is 16.9. The molecule has 0 aliphatic carbocycles. The number of rotatable bonds is 6. The molecule has 8 nitrogen and oxygen atoms in total. The van der Waals surface area contributed by atoms with E-state index in [0.29, 0.717) is 42.7 Å². The third-order valence-corrected chi connectivity index (χ3v) is 4.69. The van der Waals surface area contributed by atoms with Crippen molar-refractivity contribution in [2.45, 2.75) is 32.2 Å². The van der Waals surface area contributed by atoms with Gasteiger partial charge in [-0.15, -0.1) is 0 Å². The Morgan fingerprint density at radius 2 is 2.32 bits per heavy atom. The van der Waals surface area contributed by atoms with Gasteiger partial charge in [0.2, 0.25) is 17.6 Å². The summed E-state index contributed by atoms with van der Waals surface area (Å²) in [7, 11) is 1.83. The van der Waals surface area contributed by atoms with Crippen molar-refractivity contribution < 1.29 is 9.32 Å². The van der Waals surface area contributed by atoms with Gasteiger partial charge in [-0.05, 0) is 25.5 Å². The number of likely N-dealkylation sites (N-methyl/N-ethyl adjacent to an activating group) is 1. The highest BCUT2D eigenvalue weighted by atomic mass is 35.5. The number of nitrogens with zero attached hydrogens (tertiary/aromatic N) is 4. The summed E-state index contributed by atoms with van der Waals surface area (Å²) in [4.78, 5) is 22.4. The molecule has 1 aromatic carbocycles. The number of amides is 1. The lowest BCUT2D eigenvalue weighted by atomic mass is 10.1. The monoisotopic (exact) mass is 404 g/mol. The van der Waals surface area contributed by atoms with Crippen LogP contribution in [-0.2, 0) is 11.2 Å². The van der Waals surface area contributed by atoms with Gasteiger partial charge in [0, 0.05) is 49.6 Å². The summed E-state index contributed by atoms with van der Waals surface area (Å²) in [6.07, 6.45) is 1.90. The molecule has 0 bridgehead atoms. The first-order valence-corrected chi connectivity index (χ1v) is 9.80. The van der Waals surface area contributed by atoms with Crippen LogP contribution in [0, 0.1) is 0 Å². The molecule has 150 valence electrons. The second-order valence-electron chi connectivity index (χ2n) is 6.69. The summed E-state index contributed by atoms with van der Waals surface area (Å²) in [5, 5.41) is 11.3. The van der Waals surface area contributed by atoms with Gasteiger partial charge in [-0.2, -0.15) is 4.98 Å². The standard InChI is InChI=1S/C19H25ClN6O2/c1-3-21-19(23-15-7-8-17(27)26(2)12-15)22-10-9-16-24-18(25-28-16)13-5-4-6-14(20)11-13/h4-6,11,15H,3,7-10,12H2,1-2H3,(H2,21,22,23). The fraction of sp³-hybridized carbons (Fsp3) is 0.474. The van der Waals surface area contributed by atoms with Crippen molar-refractivity contribution in [3.8, 4) is 11.4 Å². The van der Waals surface area contributed by atoms with E-state index >= 15 is 0 Å². The number of likely N-dealkylation sites (tertiary alicyclic amines) is 1. The predicted molar refractivity (Wildman–Crippen MR) is 108 cm³/mol. The van der Waals surface area contributed by atoms with Crippen molar-refractivity contribution in [2.24, 2.45) is 4.99 Å². The lowest BCUT2D eigenvalue weighted by Gasteiger charge is -2.31. The SMILES string of the molecule is CCNC(=NCCc1nc(-c2cccc(Cl)c2)no1)NC1CCC(=O)N(C)C1. The van der Waals surface area contributed by atoms with E-state index in [4.69, 9.17) is 16.1 Å². The number of halogens is 1. The Balaban J connectivity index is 1.56. The minimum atomic E-state index is 0.187. The van der Waals surface area contributed by atoms with Crippen LogP contribution >= 0.6 is 11.6 Å². The van der Waals surface area contributed by atoms with Crippen molar-refractivity contribution in [2.75, 3.05) is 26.7 Å².